The van der Waals surface area contributed by atoms with Crippen LogP contribution >= 0.6 is 0 Å². The average Bonchev–Trinajstić information content (AvgIpc) is 3.58. The van der Waals surface area contributed by atoms with Crippen molar-refractivity contribution in [1.29, 1.82) is 0 Å². The number of anilines is 1. The predicted molar refractivity (Wildman–Crippen MR) is 144 cm³/mol. The molecule has 0 aliphatic carbocycles. The van der Waals surface area contributed by atoms with Crippen molar-refractivity contribution in [3.63, 3.8) is 0 Å². The molecule has 0 spiro atoms. The average molecular weight is 521 g/mol. The van der Waals surface area contributed by atoms with Gasteiger partial charge in [0.05, 0.1) is 28.1 Å². The molecule has 0 unspecified atom stereocenters. The van der Waals surface area contributed by atoms with Crippen molar-refractivity contribution in [3.8, 4) is 5.69 Å². The highest BCUT2D eigenvalue weighted by atomic mass is 32.2. The Kier molecular flexibility index (Phi) is 7.38. The summed E-state index contributed by atoms with van der Waals surface area (Å²) in [5.74, 6) is 0.483. The number of para-hydroxylation sites is 1. The number of nitrogens with one attached hydrogen (secondary N) is 1. The number of carbonyl (C=O) groups is 1. The third kappa shape index (κ3) is 5.30. The first-order chi connectivity index (χ1) is 17.9. The Morgan fingerprint density at radius 3 is 2.38 bits per heavy atom. The highest BCUT2D eigenvalue weighted by molar-refractivity contribution is 7.89. The van der Waals surface area contributed by atoms with Gasteiger partial charge in [-0.2, -0.15) is 14.5 Å². The molecular formula is C27H32N6O3S. The standard InChI is InChI=1S/C27H32N6O3S/c1-21-25(27(31-15-8-9-16-31)33(30-21)23-12-4-2-5-13-23)20-28-29-26(34)22-11-10-14-24(19-22)37(35,36)32-17-6-3-7-18-32/h2,4-5,10-14,19-20H,3,6-9,15-18H2,1H3,(H,29,34). The molecule has 3 aromatic rings. The van der Waals surface area contributed by atoms with Gasteiger partial charge in [0.25, 0.3) is 5.91 Å². The maximum Gasteiger partial charge on any atom is 0.271 e. The number of hydrazone groups is 1. The summed E-state index contributed by atoms with van der Waals surface area (Å²) in [5, 5.41) is 9.00. The van der Waals surface area contributed by atoms with Gasteiger partial charge < -0.3 is 4.90 Å². The van der Waals surface area contributed by atoms with Crippen molar-refractivity contribution >= 4 is 28.0 Å². The lowest BCUT2D eigenvalue weighted by Gasteiger charge is -2.25. The van der Waals surface area contributed by atoms with Gasteiger partial charge in [0.15, 0.2) is 0 Å². The summed E-state index contributed by atoms with van der Waals surface area (Å²) in [4.78, 5) is 15.3. The first-order valence-electron chi connectivity index (χ1n) is 12.8. The molecule has 0 atom stereocenters. The van der Waals surface area contributed by atoms with Gasteiger partial charge in [0.1, 0.15) is 5.82 Å². The van der Waals surface area contributed by atoms with Crippen LogP contribution in [-0.4, -0.2) is 60.8 Å². The van der Waals surface area contributed by atoms with Crippen molar-refractivity contribution in [2.24, 2.45) is 5.10 Å². The Bertz CT molecular complexity index is 1390. The van der Waals surface area contributed by atoms with Crippen LogP contribution in [-0.2, 0) is 10.0 Å². The second-order valence-corrected chi connectivity index (χ2v) is 11.4. The number of hydrogen-bond donors (Lipinski definition) is 1. The van der Waals surface area contributed by atoms with Crippen LogP contribution in [0.3, 0.4) is 0 Å². The lowest BCUT2D eigenvalue weighted by atomic mass is 10.2. The molecule has 1 N–H and O–H groups in total. The van der Waals surface area contributed by atoms with E-state index in [0.717, 1.165) is 68.0 Å². The van der Waals surface area contributed by atoms with E-state index in [-0.39, 0.29) is 10.5 Å². The van der Waals surface area contributed by atoms with Crippen LogP contribution in [0.2, 0.25) is 0 Å². The van der Waals surface area contributed by atoms with Gasteiger partial charge in [-0.1, -0.05) is 30.7 Å². The molecule has 5 rings (SSSR count). The summed E-state index contributed by atoms with van der Waals surface area (Å²) in [6.07, 6.45) is 6.60. The fourth-order valence-electron chi connectivity index (χ4n) is 4.93. The molecular weight excluding hydrogens is 488 g/mol. The zero-order valence-corrected chi connectivity index (χ0v) is 21.8. The van der Waals surface area contributed by atoms with Crippen molar-refractivity contribution in [1.82, 2.24) is 19.5 Å². The fraction of sp³-hybridized carbons (Fsp3) is 0.370. The zero-order valence-electron chi connectivity index (χ0n) is 21.0. The topological polar surface area (TPSA) is 99.9 Å². The van der Waals surface area contributed by atoms with Gasteiger partial charge in [-0.15, -0.1) is 0 Å². The summed E-state index contributed by atoms with van der Waals surface area (Å²) in [5.41, 5.74) is 5.41. The number of carbonyl (C=O) groups excluding carboxylic acids is 1. The van der Waals surface area contributed by atoms with Gasteiger partial charge in [0, 0.05) is 31.7 Å². The van der Waals surface area contributed by atoms with Crippen LogP contribution in [0.15, 0.2) is 64.6 Å². The molecule has 1 amide bonds. The van der Waals surface area contributed by atoms with Crippen LogP contribution in [0.5, 0.6) is 0 Å². The molecule has 0 bridgehead atoms. The Labute approximate surface area is 217 Å². The van der Waals surface area contributed by atoms with Crippen molar-refractivity contribution in [2.45, 2.75) is 43.9 Å². The van der Waals surface area contributed by atoms with Gasteiger partial charge in [-0.3, -0.25) is 4.79 Å². The summed E-state index contributed by atoms with van der Waals surface area (Å²) in [6, 6.07) is 16.1. The number of rotatable bonds is 7. The van der Waals surface area contributed by atoms with E-state index in [1.54, 1.807) is 18.3 Å². The molecule has 0 saturated carbocycles. The molecule has 2 fully saturated rings. The van der Waals surface area contributed by atoms with Gasteiger partial charge in [0.2, 0.25) is 10.0 Å². The van der Waals surface area contributed by atoms with Crippen molar-refractivity contribution < 1.29 is 13.2 Å². The second-order valence-electron chi connectivity index (χ2n) is 9.46. The van der Waals surface area contributed by atoms with Gasteiger partial charge in [-0.25, -0.2) is 18.5 Å². The molecule has 2 saturated heterocycles. The molecule has 2 aliphatic heterocycles. The van der Waals surface area contributed by atoms with Gasteiger partial charge in [-0.05, 0) is 62.9 Å². The normalized spacial score (nSPS) is 16.9. The van der Waals surface area contributed by atoms with Crippen LogP contribution < -0.4 is 10.3 Å². The van der Waals surface area contributed by atoms with Crippen LogP contribution in [0.4, 0.5) is 5.82 Å². The Balaban J connectivity index is 1.37. The van der Waals surface area contributed by atoms with E-state index in [2.05, 4.69) is 15.4 Å². The van der Waals surface area contributed by atoms with E-state index in [1.165, 1.54) is 16.4 Å². The second kappa shape index (κ2) is 10.9. The van der Waals surface area contributed by atoms with Crippen LogP contribution in [0.1, 0.15) is 53.7 Å². The molecule has 3 heterocycles. The minimum Gasteiger partial charge on any atom is -0.356 e. The maximum absolute atomic E-state index is 13.0. The SMILES string of the molecule is Cc1nn(-c2ccccc2)c(N2CCCC2)c1C=NNC(=O)c1cccc(S(=O)(=O)N2CCCCC2)c1. The van der Waals surface area contributed by atoms with E-state index in [9.17, 15) is 13.2 Å². The summed E-state index contributed by atoms with van der Waals surface area (Å²) >= 11 is 0. The van der Waals surface area contributed by atoms with E-state index in [1.807, 2.05) is 41.9 Å². The van der Waals surface area contributed by atoms with Crippen molar-refractivity contribution in [3.05, 3.63) is 71.4 Å². The third-order valence-electron chi connectivity index (χ3n) is 6.90. The highest BCUT2D eigenvalue weighted by Crippen LogP contribution is 2.29. The molecule has 9 nitrogen and oxygen atoms in total. The zero-order chi connectivity index (χ0) is 25.8. The Morgan fingerprint density at radius 1 is 0.946 bits per heavy atom. The van der Waals surface area contributed by atoms with Crippen LogP contribution in [0.25, 0.3) is 5.69 Å². The van der Waals surface area contributed by atoms with Crippen LogP contribution in [0, 0.1) is 6.92 Å². The number of aryl methyl sites for hydroxylation is 1. The number of nitrogens with zero attached hydrogens (tertiary/aromatic N) is 5. The monoisotopic (exact) mass is 520 g/mol. The fourth-order valence-corrected chi connectivity index (χ4v) is 6.50. The van der Waals surface area contributed by atoms with Crippen molar-refractivity contribution in [2.75, 3.05) is 31.1 Å². The Hall–Kier alpha value is -3.50. The summed E-state index contributed by atoms with van der Waals surface area (Å²) < 4.78 is 29.5. The number of benzene rings is 2. The quantitative estimate of drug-likeness (QED) is 0.378. The lowest BCUT2D eigenvalue weighted by molar-refractivity contribution is 0.0955. The van der Waals surface area contributed by atoms with E-state index in [4.69, 9.17) is 5.10 Å². The first kappa shape index (κ1) is 25.2. The molecule has 2 aromatic carbocycles. The number of aromatic nitrogens is 2. The van der Waals surface area contributed by atoms with E-state index < -0.39 is 15.9 Å². The lowest BCUT2D eigenvalue weighted by Crippen LogP contribution is -2.35. The number of piperidine rings is 1. The molecule has 194 valence electrons. The number of hydrogen-bond acceptors (Lipinski definition) is 6. The summed E-state index contributed by atoms with van der Waals surface area (Å²) in [7, 11) is -3.63. The predicted octanol–water partition coefficient (Wildman–Crippen LogP) is 3.72. The number of sulfonamides is 1. The molecule has 0 radical (unpaired) electrons. The molecule has 37 heavy (non-hydrogen) atoms. The largest absolute Gasteiger partial charge is 0.356 e. The minimum atomic E-state index is -3.63. The van der Waals surface area contributed by atoms with E-state index in [0.29, 0.717) is 13.1 Å². The minimum absolute atomic E-state index is 0.127. The van der Waals surface area contributed by atoms with E-state index >= 15 is 0 Å². The summed E-state index contributed by atoms with van der Waals surface area (Å²) in [6.45, 7) is 4.82. The molecule has 10 heteroatoms. The molecule has 1 aromatic heterocycles. The smallest absolute Gasteiger partial charge is 0.271 e. The first-order valence-corrected chi connectivity index (χ1v) is 14.2. The highest BCUT2D eigenvalue weighted by Gasteiger charge is 2.27. The number of amides is 1. The van der Waals surface area contributed by atoms with Gasteiger partial charge >= 0.3 is 0 Å². The molecule has 2 aliphatic rings. The Morgan fingerprint density at radius 2 is 1.65 bits per heavy atom. The third-order valence-corrected chi connectivity index (χ3v) is 8.79. The maximum atomic E-state index is 13.0.